The second-order valence-corrected chi connectivity index (χ2v) is 13.1. The number of nitriles is 2. The molecule has 2 unspecified atom stereocenters. The molecule has 8 nitrogen and oxygen atoms in total. The fourth-order valence-electron chi connectivity index (χ4n) is 8.26. The van der Waals surface area contributed by atoms with E-state index in [1.54, 1.807) is 36.4 Å². The summed E-state index contributed by atoms with van der Waals surface area (Å²) in [6, 6.07) is 14.3. The van der Waals surface area contributed by atoms with Gasteiger partial charge < -0.3 is 0 Å². The van der Waals surface area contributed by atoms with Gasteiger partial charge in [0.25, 0.3) is 23.6 Å². The number of carbonyl (C=O) groups excluding carboxylic acids is 4. The van der Waals surface area contributed by atoms with E-state index in [9.17, 15) is 29.7 Å². The van der Waals surface area contributed by atoms with Gasteiger partial charge >= 0.3 is 0 Å². The number of fused-ring (bicyclic) bond motifs is 2. The van der Waals surface area contributed by atoms with Crippen molar-refractivity contribution < 1.29 is 19.2 Å². The molecule has 0 aromatic heterocycles. The second-order valence-electron chi connectivity index (χ2n) is 13.1. The lowest BCUT2D eigenvalue weighted by Gasteiger charge is -2.35. The van der Waals surface area contributed by atoms with Gasteiger partial charge in [-0.1, -0.05) is 65.5 Å². The molecular weight excluding hydrogens is 600 g/mol. The number of benzene rings is 5. The summed E-state index contributed by atoms with van der Waals surface area (Å²) in [7, 11) is 0. The van der Waals surface area contributed by atoms with Crippen molar-refractivity contribution in [2.24, 2.45) is 0 Å². The standard InChI is InChI=1S/C40H36N4O4/c1-5-9-11-23(7-3)43-37(45)27-15-13-25-31-21(19-41)17-29-35-30(40(48)44(39(29)47)24(8-4)12-10-6-2)18-22(20-42)32(36(31)35)26-14-16-28(38(43)46)34(27)33(25)26/h13-18,23-24H,5-12H2,1-4H3. The number of carbonyl (C=O) groups is 4. The van der Waals surface area contributed by atoms with Crippen LogP contribution in [0.3, 0.4) is 0 Å². The molecule has 8 heteroatoms. The van der Waals surface area contributed by atoms with Crippen LogP contribution >= 0.6 is 0 Å². The van der Waals surface area contributed by atoms with Crippen molar-refractivity contribution >= 4 is 66.7 Å². The van der Waals surface area contributed by atoms with Gasteiger partial charge in [-0.15, -0.1) is 0 Å². The zero-order valence-electron chi connectivity index (χ0n) is 27.7. The van der Waals surface area contributed by atoms with Crippen LogP contribution in [0.5, 0.6) is 0 Å². The monoisotopic (exact) mass is 636 g/mol. The molecule has 7 rings (SSSR count). The fourth-order valence-corrected chi connectivity index (χ4v) is 8.26. The summed E-state index contributed by atoms with van der Waals surface area (Å²) in [6.07, 6.45) is 6.26. The van der Waals surface area contributed by atoms with Gasteiger partial charge in [-0.2, -0.15) is 10.5 Å². The number of hydrogen-bond donors (Lipinski definition) is 0. The van der Waals surface area contributed by atoms with Crippen LogP contribution in [0, 0.1) is 22.7 Å². The number of imide groups is 2. The van der Waals surface area contributed by atoms with Crippen LogP contribution in [0.2, 0.25) is 0 Å². The smallest absolute Gasteiger partial charge is 0.261 e. The maximum absolute atomic E-state index is 14.2. The Bertz CT molecular complexity index is 2190. The van der Waals surface area contributed by atoms with Crippen LogP contribution < -0.4 is 0 Å². The summed E-state index contributed by atoms with van der Waals surface area (Å²) < 4.78 is 0. The second kappa shape index (κ2) is 11.7. The average molecular weight is 637 g/mol. The number of hydrogen-bond acceptors (Lipinski definition) is 6. The largest absolute Gasteiger partial charge is 0.271 e. The Hall–Kier alpha value is -5.34. The van der Waals surface area contributed by atoms with Gasteiger partial charge in [0.1, 0.15) is 0 Å². The van der Waals surface area contributed by atoms with Crippen molar-refractivity contribution in [3.05, 3.63) is 69.8 Å². The molecule has 0 N–H and O–H groups in total. The van der Waals surface area contributed by atoms with Gasteiger partial charge in [0.2, 0.25) is 0 Å². The quantitative estimate of drug-likeness (QED) is 0.0859. The Morgan fingerprint density at radius 1 is 0.542 bits per heavy atom. The van der Waals surface area contributed by atoms with E-state index in [1.807, 2.05) is 13.8 Å². The van der Waals surface area contributed by atoms with Crippen LogP contribution in [-0.4, -0.2) is 45.5 Å². The molecule has 5 aromatic rings. The minimum Gasteiger partial charge on any atom is -0.271 e. The predicted octanol–water partition coefficient (Wildman–Crippen LogP) is 8.61. The Morgan fingerprint density at radius 2 is 0.938 bits per heavy atom. The molecule has 0 saturated carbocycles. The SMILES string of the molecule is CCCCC(CC)N1C(=O)c2ccc3c4c(C#N)cc5c6c(cc(C#N)c(c7ccc(c2c37)C1=O)c64)C(=O)N(C(CC)CCCC)C5=O. The summed E-state index contributed by atoms with van der Waals surface area (Å²) in [6.45, 7) is 8.09. The highest BCUT2D eigenvalue weighted by molar-refractivity contribution is 6.42. The summed E-state index contributed by atoms with van der Waals surface area (Å²) in [5.74, 6) is -1.56. The molecule has 48 heavy (non-hydrogen) atoms. The van der Waals surface area contributed by atoms with Crippen LogP contribution in [0.25, 0.3) is 43.1 Å². The van der Waals surface area contributed by atoms with E-state index in [-0.39, 0.29) is 46.2 Å². The van der Waals surface area contributed by atoms with Crippen LogP contribution in [-0.2, 0) is 0 Å². The Kier molecular flexibility index (Phi) is 7.63. The van der Waals surface area contributed by atoms with E-state index in [1.165, 1.54) is 9.80 Å². The molecule has 0 bridgehead atoms. The van der Waals surface area contributed by atoms with Gasteiger partial charge in [0, 0.05) is 50.1 Å². The Balaban J connectivity index is 1.58. The molecule has 0 fully saturated rings. The summed E-state index contributed by atoms with van der Waals surface area (Å²) in [5, 5.41) is 25.5. The minimum absolute atomic E-state index is 0.225. The minimum atomic E-state index is -0.435. The molecule has 2 aliphatic rings. The van der Waals surface area contributed by atoms with E-state index in [0.29, 0.717) is 73.5 Å². The highest BCUT2D eigenvalue weighted by Gasteiger charge is 2.41. The lowest BCUT2D eigenvalue weighted by atomic mass is 9.79. The molecule has 4 amide bonds. The molecular formula is C40H36N4O4. The van der Waals surface area contributed by atoms with E-state index >= 15 is 0 Å². The van der Waals surface area contributed by atoms with Crippen molar-refractivity contribution in [3.63, 3.8) is 0 Å². The number of rotatable bonds is 10. The Labute approximate surface area is 278 Å². The highest BCUT2D eigenvalue weighted by atomic mass is 16.2. The number of amides is 4. The first-order valence-corrected chi connectivity index (χ1v) is 17.1. The summed E-state index contributed by atoms with van der Waals surface area (Å²) in [5.41, 5.74) is 1.82. The van der Waals surface area contributed by atoms with Crippen molar-refractivity contribution in [2.75, 3.05) is 0 Å². The first kappa shape index (κ1) is 31.3. The Morgan fingerprint density at radius 3 is 1.31 bits per heavy atom. The molecule has 2 aliphatic heterocycles. The van der Waals surface area contributed by atoms with Crippen LogP contribution in [0.4, 0.5) is 0 Å². The van der Waals surface area contributed by atoms with E-state index in [0.717, 1.165) is 32.1 Å². The van der Waals surface area contributed by atoms with E-state index < -0.39 is 11.8 Å². The molecule has 240 valence electrons. The number of unbranched alkanes of at least 4 members (excludes halogenated alkanes) is 2. The molecule has 5 aromatic carbocycles. The molecule has 0 radical (unpaired) electrons. The normalized spacial score (nSPS) is 15.6. The highest BCUT2D eigenvalue weighted by Crippen LogP contribution is 2.49. The zero-order chi connectivity index (χ0) is 34.0. The van der Waals surface area contributed by atoms with E-state index in [2.05, 4.69) is 26.0 Å². The summed E-state index contributed by atoms with van der Waals surface area (Å²) in [4.78, 5) is 59.3. The molecule has 0 spiro atoms. The van der Waals surface area contributed by atoms with Gasteiger partial charge in [-0.3, -0.25) is 29.0 Å². The van der Waals surface area contributed by atoms with Gasteiger partial charge in [-0.05, 0) is 66.1 Å². The first-order chi connectivity index (χ1) is 23.3. The van der Waals surface area contributed by atoms with Gasteiger partial charge in [0.15, 0.2) is 0 Å². The predicted molar refractivity (Wildman–Crippen MR) is 185 cm³/mol. The summed E-state index contributed by atoms with van der Waals surface area (Å²) >= 11 is 0. The fraction of sp³-hybridized carbons (Fsp3) is 0.350. The first-order valence-electron chi connectivity index (χ1n) is 17.1. The lowest BCUT2D eigenvalue weighted by molar-refractivity contribution is 0.0508. The topological polar surface area (TPSA) is 122 Å². The average Bonchev–Trinajstić information content (AvgIpc) is 3.11. The van der Waals surface area contributed by atoms with Crippen molar-refractivity contribution in [2.45, 2.75) is 91.1 Å². The molecule has 0 saturated heterocycles. The third-order valence-corrected chi connectivity index (χ3v) is 10.6. The third-order valence-electron chi connectivity index (χ3n) is 10.6. The zero-order valence-corrected chi connectivity index (χ0v) is 27.7. The molecule has 2 heterocycles. The maximum atomic E-state index is 14.2. The van der Waals surface area contributed by atoms with E-state index in [4.69, 9.17) is 0 Å². The van der Waals surface area contributed by atoms with Crippen LogP contribution in [0.15, 0.2) is 36.4 Å². The lowest BCUT2D eigenvalue weighted by Crippen LogP contribution is -2.47. The third kappa shape index (κ3) is 4.12. The van der Waals surface area contributed by atoms with Crippen molar-refractivity contribution in [1.29, 1.82) is 10.5 Å². The number of nitrogens with zero attached hydrogens (tertiary/aromatic N) is 4. The molecule has 0 aliphatic carbocycles. The van der Waals surface area contributed by atoms with Crippen LogP contribution in [0.1, 0.15) is 132 Å². The maximum Gasteiger partial charge on any atom is 0.261 e. The van der Waals surface area contributed by atoms with Gasteiger partial charge in [-0.25, -0.2) is 0 Å². The van der Waals surface area contributed by atoms with Gasteiger partial charge in [0.05, 0.1) is 34.4 Å². The molecule has 2 atom stereocenters. The van der Waals surface area contributed by atoms with Crippen molar-refractivity contribution in [1.82, 2.24) is 9.80 Å². The van der Waals surface area contributed by atoms with Crippen molar-refractivity contribution in [3.8, 4) is 12.1 Å².